The van der Waals surface area contributed by atoms with Crippen LogP contribution in [-0.4, -0.2) is 49.7 Å². The first-order valence-corrected chi connectivity index (χ1v) is 9.47. The molecule has 0 aromatic carbocycles. The second-order valence-corrected chi connectivity index (χ2v) is 5.84. The fraction of sp³-hybridized carbons (Fsp3) is 0.700. The maximum atomic E-state index is 11.9. The lowest BCUT2D eigenvalue weighted by Crippen LogP contribution is -2.37. The number of carbonyl (C=O) groups is 2. The SMILES string of the molecule is CC/C=C\CCOC(=O)CN(CCCC)CC(=O)OCC/C=C\CC. The van der Waals surface area contributed by atoms with Gasteiger partial charge in [0.2, 0.25) is 0 Å². The van der Waals surface area contributed by atoms with Crippen LogP contribution < -0.4 is 0 Å². The Morgan fingerprint density at radius 2 is 1.28 bits per heavy atom. The third kappa shape index (κ3) is 15.6. The van der Waals surface area contributed by atoms with Crippen LogP contribution in [0, 0.1) is 0 Å². The summed E-state index contributed by atoms with van der Waals surface area (Å²) in [5, 5.41) is 0. The number of ether oxygens (including phenoxy) is 2. The second-order valence-electron chi connectivity index (χ2n) is 5.84. The average Bonchev–Trinajstić information content (AvgIpc) is 2.59. The van der Waals surface area contributed by atoms with Crippen molar-refractivity contribution in [3.63, 3.8) is 0 Å². The molecular weight excluding hydrogens is 318 g/mol. The standard InChI is InChI=1S/C20H35NO4/c1-4-7-10-12-15-24-19(22)17-21(14-9-6-3)18-20(23)25-16-13-11-8-5-2/h7-8,10-11H,4-6,9,12-18H2,1-3H3/b10-7-,11-8-. The molecule has 25 heavy (non-hydrogen) atoms. The van der Waals surface area contributed by atoms with Gasteiger partial charge in [0, 0.05) is 0 Å². The van der Waals surface area contributed by atoms with Gasteiger partial charge in [0.05, 0.1) is 26.3 Å². The van der Waals surface area contributed by atoms with Crippen LogP contribution in [0.4, 0.5) is 0 Å². The van der Waals surface area contributed by atoms with Crippen LogP contribution in [0.15, 0.2) is 24.3 Å². The van der Waals surface area contributed by atoms with Gasteiger partial charge in [-0.25, -0.2) is 0 Å². The fourth-order valence-corrected chi connectivity index (χ4v) is 2.10. The first kappa shape index (κ1) is 23.4. The van der Waals surface area contributed by atoms with E-state index in [4.69, 9.17) is 9.47 Å². The summed E-state index contributed by atoms with van der Waals surface area (Å²) in [5.74, 6) is -0.584. The van der Waals surface area contributed by atoms with E-state index in [1.807, 2.05) is 24.3 Å². The van der Waals surface area contributed by atoms with Gasteiger partial charge in [-0.1, -0.05) is 51.5 Å². The summed E-state index contributed by atoms with van der Waals surface area (Å²) in [6.07, 6.45) is 13.5. The second kappa shape index (κ2) is 17.2. The van der Waals surface area contributed by atoms with Crippen LogP contribution in [0.3, 0.4) is 0 Å². The molecular formula is C20H35NO4. The summed E-state index contributed by atoms with van der Waals surface area (Å²) in [7, 11) is 0. The number of esters is 2. The molecule has 0 N–H and O–H groups in total. The van der Waals surface area contributed by atoms with Crippen molar-refractivity contribution >= 4 is 11.9 Å². The van der Waals surface area contributed by atoms with E-state index in [9.17, 15) is 9.59 Å². The van der Waals surface area contributed by atoms with Crippen LogP contribution in [-0.2, 0) is 19.1 Å². The molecule has 5 nitrogen and oxygen atoms in total. The summed E-state index contributed by atoms with van der Waals surface area (Å²) in [5.41, 5.74) is 0. The highest BCUT2D eigenvalue weighted by Crippen LogP contribution is 1.99. The van der Waals surface area contributed by atoms with Gasteiger partial charge < -0.3 is 9.47 Å². The number of unbranched alkanes of at least 4 members (excludes halogenated alkanes) is 1. The summed E-state index contributed by atoms with van der Waals surface area (Å²) < 4.78 is 10.4. The van der Waals surface area contributed by atoms with Crippen LogP contribution in [0.25, 0.3) is 0 Å². The van der Waals surface area contributed by atoms with Gasteiger partial charge in [-0.15, -0.1) is 0 Å². The van der Waals surface area contributed by atoms with Crippen molar-refractivity contribution in [1.82, 2.24) is 4.90 Å². The summed E-state index contributed by atoms with van der Waals surface area (Å²) >= 11 is 0. The smallest absolute Gasteiger partial charge is 0.320 e. The van der Waals surface area contributed by atoms with Crippen molar-refractivity contribution in [2.24, 2.45) is 0 Å². The van der Waals surface area contributed by atoms with E-state index in [1.54, 1.807) is 4.90 Å². The zero-order valence-corrected chi connectivity index (χ0v) is 16.2. The highest BCUT2D eigenvalue weighted by molar-refractivity contribution is 5.75. The lowest BCUT2D eigenvalue weighted by Gasteiger charge is -2.20. The molecule has 5 heteroatoms. The Kier molecular flexibility index (Phi) is 16.1. The zero-order chi connectivity index (χ0) is 18.8. The van der Waals surface area contributed by atoms with Gasteiger partial charge >= 0.3 is 11.9 Å². The fourth-order valence-electron chi connectivity index (χ4n) is 2.10. The maximum absolute atomic E-state index is 11.9. The monoisotopic (exact) mass is 353 g/mol. The van der Waals surface area contributed by atoms with E-state index in [0.29, 0.717) is 19.8 Å². The third-order valence-corrected chi connectivity index (χ3v) is 3.43. The number of rotatable bonds is 15. The van der Waals surface area contributed by atoms with E-state index >= 15 is 0 Å². The average molecular weight is 354 g/mol. The van der Waals surface area contributed by atoms with Crippen molar-refractivity contribution < 1.29 is 19.1 Å². The van der Waals surface area contributed by atoms with Crippen molar-refractivity contribution in [3.8, 4) is 0 Å². The molecule has 0 aliphatic carbocycles. The highest BCUT2D eigenvalue weighted by atomic mass is 16.5. The highest BCUT2D eigenvalue weighted by Gasteiger charge is 2.15. The molecule has 0 radical (unpaired) electrons. The van der Waals surface area contributed by atoms with Crippen LogP contribution in [0.1, 0.15) is 59.3 Å². The maximum Gasteiger partial charge on any atom is 0.320 e. The van der Waals surface area contributed by atoms with Crippen molar-refractivity contribution in [2.75, 3.05) is 32.8 Å². The van der Waals surface area contributed by atoms with E-state index < -0.39 is 0 Å². The molecule has 0 bridgehead atoms. The van der Waals surface area contributed by atoms with Crippen molar-refractivity contribution in [2.45, 2.75) is 59.3 Å². The minimum atomic E-state index is -0.292. The Morgan fingerprint density at radius 1 is 0.800 bits per heavy atom. The minimum Gasteiger partial charge on any atom is -0.464 e. The van der Waals surface area contributed by atoms with Crippen molar-refractivity contribution in [3.05, 3.63) is 24.3 Å². The molecule has 0 fully saturated rings. The summed E-state index contributed by atoms with van der Waals surface area (Å²) in [4.78, 5) is 25.6. The van der Waals surface area contributed by atoms with E-state index in [0.717, 1.165) is 38.5 Å². The van der Waals surface area contributed by atoms with E-state index in [1.165, 1.54) is 0 Å². The summed E-state index contributed by atoms with van der Waals surface area (Å²) in [6.45, 7) is 7.91. The Labute approximate surface area is 153 Å². The van der Waals surface area contributed by atoms with E-state index in [2.05, 4.69) is 20.8 Å². The number of allylic oxidation sites excluding steroid dienone is 2. The number of nitrogens with zero attached hydrogens (tertiary/aromatic N) is 1. The number of hydrogen-bond donors (Lipinski definition) is 0. The molecule has 0 aliphatic heterocycles. The first-order valence-electron chi connectivity index (χ1n) is 9.47. The molecule has 0 saturated heterocycles. The normalized spacial score (nSPS) is 11.5. The Balaban J connectivity index is 4.15. The molecule has 0 atom stereocenters. The van der Waals surface area contributed by atoms with Gasteiger partial charge in [-0.05, 0) is 38.6 Å². The molecule has 0 aromatic heterocycles. The zero-order valence-electron chi connectivity index (χ0n) is 16.2. The summed E-state index contributed by atoms with van der Waals surface area (Å²) in [6, 6.07) is 0. The lowest BCUT2D eigenvalue weighted by molar-refractivity contribution is -0.148. The number of hydrogen-bond acceptors (Lipinski definition) is 5. The minimum absolute atomic E-state index is 0.127. The molecule has 0 amide bonds. The van der Waals surface area contributed by atoms with Crippen LogP contribution in [0.5, 0.6) is 0 Å². The quantitative estimate of drug-likeness (QED) is 0.254. The molecule has 0 spiro atoms. The van der Waals surface area contributed by atoms with Crippen molar-refractivity contribution in [1.29, 1.82) is 0 Å². The van der Waals surface area contributed by atoms with Gasteiger partial charge in [0.15, 0.2) is 0 Å². The molecule has 144 valence electrons. The molecule has 0 heterocycles. The molecule has 0 unspecified atom stereocenters. The van der Waals surface area contributed by atoms with Gasteiger partial charge in [-0.2, -0.15) is 0 Å². The Hall–Kier alpha value is -1.62. The largest absolute Gasteiger partial charge is 0.464 e. The predicted molar refractivity (Wildman–Crippen MR) is 101 cm³/mol. The van der Waals surface area contributed by atoms with E-state index in [-0.39, 0.29) is 25.0 Å². The lowest BCUT2D eigenvalue weighted by atomic mass is 10.3. The third-order valence-electron chi connectivity index (χ3n) is 3.43. The van der Waals surface area contributed by atoms with Gasteiger partial charge in [0.1, 0.15) is 0 Å². The number of carbonyl (C=O) groups excluding carboxylic acids is 2. The molecule has 0 rings (SSSR count). The Morgan fingerprint density at radius 3 is 1.68 bits per heavy atom. The Bertz CT molecular complexity index is 371. The molecule has 0 aromatic rings. The first-order chi connectivity index (χ1) is 12.1. The molecule has 0 saturated carbocycles. The van der Waals surface area contributed by atoms with Crippen LogP contribution in [0.2, 0.25) is 0 Å². The topological polar surface area (TPSA) is 55.8 Å². The van der Waals surface area contributed by atoms with Crippen LogP contribution >= 0.6 is 0 Å². The predicted octanol–water partition coefficient (Wildman–Crippen LogP) is 3.89. The molecule has 0 aliphatic rings. The van der Waals surface area contributed by atoms with Gasteiger partial charge in [-0.3, -0.25) is 14.5 Å². The van der Waals surface area contributed by atoms with Gasteiger partial charge in [0.25, 0.3) is 0 Å².